The molecule has 0 saturated heterocycles. The molecule has 0 bridgehead atoms. The average molecular weight is 320 g/mol. The highest BCUT2D eigenvalue weighted by molar-refractivity contribution is 6.04. The lowest BCUT2D eigenvalue weighted by atomic mass is 10.1. The van der Waals surface area contributed by atoms with Gasteiger partial charge in [0.2, 0.25) is 0 Å². The molecule has 5 heteroatoms. The van der Waals surface area contributed by atoms with Crippen molar-refractivity contribution in [1.82, 2.24) is 14.8 Å². The third-order valence-electron chi connectivity index (χ3n) is 4.09. The first kappa shape index (κ1) is 15.9. The smallest absolute Gasteiger partial charge is 0.257 e. The number of pyridine rings is 1. The molecular formula is C19H20N4O. The zero-order valence-electron chi connectivity index (χ0n) is 14.3. The van der Waals surface area contributed by atoms with Gasteiger partial charge in [0.05, 0.1) is 11.3 Å². The number of rotatable bonds is 3. The lowest BCUT2D eigenvalue weighted by Crippen LogP contribution is -2.14. The normalized spacial score (nSPS) is 10.7. The molecular weight excluding hydrogens is 300 g/mol. The summed E-state index contributed by atoms with van der Waals surface area (Å²) < 4.78 is 1.77. The van der Waals surface area contributed by atoms with Crippen molar-refractivity contribution in [3.05, 3.63) is 70.7 Å². The van der Waals surface area contributed by atoms with Crippen molar-refractivity contribution in [3.63, 3.8) is 0 Å². The highest BCUT2D eigenvalue weighted by Gasteiger charge is 2.10. The van der Waals surface area contributed by atoms with Crippen LogP contribution in [0.15, 0.2) is 42.6 Å². The molecule has 0 aliphatic carbocycles. The van der Waals surface area contributed by atoms with Crippen molar-refractivity contribution >= 4 is 11.6 Å². The van der Waals surface area contributed by atoms with Crippen LogP contribution in [0.3, 0.4) is 0 Å². The predicted octanol–water partition coefficient (Wildman–Crippen LogP) is 3.75. The lowest BCUT2D eigenvalue weighted by Gasteiger charge is -2.10. The first-order chi connectivity index (χ1) is 11.5. The second kappa shape index (κ2) is 6.28. The summed E-state index contributed by atoms with van der Waals surface area (Å²) in [5.41, 5.74) is 5.49. The van der Waals surface area contributed by atoms with Gasteiger partial charge in [-0.25, -0.2) is 9.67 Å². The summed E-state index contributed by atoms with van der Waals surface area (Å²) in [7, 11) is 0. The zero-order chi connectivity index (χ0) is 17.3. The molecule has 0 aliphatic rings. The molecule has 0 unspecified atom stereocenters. The molecule has 24 heavy (non-hydrogen) atoms. The molecule has 2 aromatic heterocycles. The van der Waals surface area contributed by atoms with Gasteiger partial charge in [0.1, 0.15) is 0 Å². The first-order valence-corrected chi connectivity index (χ1v) is 7.83. The quantitative estimate of drug-likeness (QED) is 0.799. The fourth-order valence-electron chi connectivity index (χ4n) is 2.59. The Bertz CT molecular complexity index is 894. The molecule has 0 saturated carbocycles. The van der Waals surface area contributed by atoms with E-state index in [1.807, 2.05) is 52.0 Å². The minimum absolute atomic E-state index is 0.170. The Balaban J connectivity index is 1.81. The third-order valence-corrected chi connectivity index (χ3v) is 4.09. The van der Waals surface area contributed by atoms with E-state index in [4.69, 9.17) is 0 Å². The molecule has 1 amide bonds. The summed E-state index contributed by atoms with van der Waals surface area (Å²) in [5.74, 6) is 0.528. The van der Waals surface area contributed by atoms with E-state index in [-0.39, 0.29) is 5.91 Å². The van der Waals surface area contributed by atoms with E-state index in [0.717, 1.165) is 28.2 Å². The van der Waals surface area contributed by atoms with Gasteiger partial charge in [0.15, 0.2) is 5.82 Å². The van der Waals surface area contributed by atoms with E-state index in [2.05, 4.69) is 15.4 Å². The summed E-state index contributed by atoms with van der Waals surface area (Å²) in [5, 5.41) is 7.34. The summed E-state index contributed by atoms with van der Waals surface area (Å²) in [6.45, 7) is 7.93. The maximum atomic E-state index is 12.4. The fraction of sp³-hybridized carbons (Fsp3) is 0.211. The molecule has 0 atom stereocenters. The number of amides is 1. The van der Waals surface area contributed by atoms with Crippen LogP contribution < -0.4 is 5.32 Å². The Labute approximate surface area is 141 Å². The molecule has 2 heterocycles. The van der Waals surface area contributed by atoms with Gasteiger partial charge >= 0.3 is 0 Å². The second-order valence-corrected chi connectivity index (χ2v) is 5.95. The number of aromatic nitrogens is 3. The first-order valence-electron chi connectivity index (χ1n) is 7.83. The number of carbonyl (C=O) groups excluding carboxylic acids is 1. The van der Waals surface area contributed by atoms with E-state index in [1.165, 1.54) is 0 Å². The summed E-state index contributed by atoms with van der Waals surface area (Å²) >= 11 is 0. The Hall–Kier alpha value is -2.95. The molecule has 0 aliphatic heterocycles. The molecule has 0 spiro atoms. The van der Waals surface area contributed by atoms with Crippen LogP contribution in [0, 0.1) is 27.7 Å². The number of anilines is 1. The Morgan fingerprint density at radius 2 is 1.88 bits per heavy atom. The highest BCUT2D eigenvalue weighted by atomic mass is 16.1. The molecule has 1 N–H and O–H groups in total. The van der Waals surface area contributed by atoms with Crippen LogP contribution in [0.1, 0.15) is 32.9 Å². The van der Waals surface area contributed by atoms with Gasteiger partial charge in [0.25, 0.3) is 5.91 Å². The number of hydrogen-bond acceptors (Lipinski definition) is 3. The zero-order valence-corrected chi connectivity index (χ0v) is 14.3. The van der Waals surface area contributed by atoms with Gasteiger partial charge in [-0.1, -0.05) is 12.1 Å². The summed E-state index contributed by atoms with van der Waals surface area (Å²) in [6.07, 6.45) is 1.58. The van der Waals surface area contributed by atoms with Gasteiger partial charge in [-0.2, -0.15) is 5.10 Å². The number of nitrogens with zero attached hydrogens (tertiary/aromatic N) is 3. The van der Waals surface area contributed by atoms with Crippen molar-refractivity contribution < 1.29 is 4.79 Å². The number of aryl methyl sites for hydroxylation is 3. The number of hydrogen-bond donors (Lipinski definition) is 1. The minimum atomic E-state index is -0.170. The van der Waals surface area contributed by atoms with Crippen molar-refractivity contribution in [2.24, 2.45) is 0 Å². The third kappa shape index (κ3) is 3.06. The van der Waals surface area contributed by atoms with Gasteiger partial charge in [0, 0.05) is 17.6 Å². The second-order valence-electron chi connectivity index (χ2n) is 5.95. The number of nitrogens with one attached hydrogen (secondary N) is 1. The van der Waals surface area contributed by atoms with E-state index in [1.54, 1.807) is 23.0 Å². The Kier molecular flexibility index (Phi) is 4.16. The summed E-state index contributed by atoms with van der Waals surface area (Å²) in [6, 6.07) is 11.4. The Morgan fingerprint density at radius 3 is 2.50 bits per heavy atom. The largest absolute Gasteiger partial charge is 0.322 e. The summed E-state index contributed by atoms with van der Waals surface area (Å²) in [4.78, 5) is 16.8. The molecule has 0 radical (unpaired) electrons. The van der Waals surface area contributed by atoms with E-state index in [9.17, 15) is 4.79 Å². The maximum absolute atomic E-state index is 12.4. The molecule has 5 nitrogen and oxygen atoms in total. The van der Waals surface area contributed by atoms with Crippen LogP contribution in [-0.2, 0) is 0 Å². The topological polar surface area (TPSA) is 59.8 Å². The van der Waals surface area contributed by atoms with Gasteiger partial charge in [-0.05, 0) is 63.1 Å². The average Bonchev–Trinajstić information content (AvgIpc) is 2.90. The molecule has 3 aromatic rings. The predicted molar refractivity (Wildman–Crippen MR) is 94.7 cm³/mol. The Morgan fingerprint density at radius 1 is 1.08 bits per heavy atom. The van der Waals surface area contributed by atoms with Crippen molar-refractivity contribution in [2.75, 3.05) is 5.32 Å². The van der Waals surface area contributed by atoms with Crippen LogP contribution in [0.2, 0.25) is 0 Å². The van der Waals surface area contributed by atoms with Crippen LogP contribution >= 0.6 is 0 Å². The molecule has 0 fully saturated rings. The van der Waals surface area contributed by atoms with Gasteiger partial charge in [-0.15, -0.1) is 0 Å². The van der Waals surface area contributed by atoms with E-state index in [0.29, 0.717) is 11.4 Å². The SMILES string of the molecule is Cc1cc(C)n(-c2ccc(C(=O)Nc3cccc(C)c3C)cn2)n1. The van der Waals surface area contributed by atoms with Gasteiger partial charge in [-0.3, -0.25) is 4.79 Å². The molecule has 1 aromatic carbocycles. The van der Waals surface area contributed by atoms with Crippen molar-refractivity contribution in [2.45, 2.75) is 27.7 Å². The lowest BCUT2D eigenvalue weighted by molar-refractivity contribution is 0.102. The van der Waals surface area contributed by atoms with Crippen molar-refractivity contribution in [3.8, 4) is 5.82 Å². The highest BCUT2D eigenvalue weighted by Crippen LogP contribution is 2.19. The fourth-order valence-corrected chi connectivity index (χ4v) is 2.59. The van der Waals surface area contributed by atoms with Gasteiger partial charge < -0.3 is 5.32 Å². The van der Waals surface area contributed by atoms with Crippen LogP contribution in [0.25, 0.3) is 5.82 Å². The number of benzene rings is 1. The number of carbonyl (C=O) groups is 1. The monoisotopic (exact) mass is 320 g/mol. The maximum Gasteiger partial charge on any atom is 0.257 e. The van der Waals surface area contributed by atoms with E-state index < -0.39 is 0 Å². The molecule has 122 valence electrons. The molecule has 3 rings (SSSR count). The van der Waals surface area contributed by atoms with E-state index >= 15 is 0 Å². The van der Waals surface area contributed by atoms with Crippen LogP contribution in [-0.4, -0.2) is 20.7 Å². The van der Waals surface area contributed by atoms with Crippen molar-refractivity contribution in [1.29, 1.82) is 0 Å². The standard InChI is InChI=1S/C19H20N4O/c1-12-6-5-7-17(15(12)4)21-19(24)16-8-9-18(20-11-16)23-14(3)10-13(2)22-23/h5-11H,1-4H3,(H,21,24). The van der Waals surface area contributed by atoms with Crippen LogP contribution in [0.4, 0.5) is 5.69 Å². The minimum Gasteiger partial charge on any atom is -0.322 e. The van der Waals surface area contributed by atoms with Crippen LogP contribution in [0.5, 0.6) is 0 Å².